The zero-order valence-electron chi connectivity index (χ0n) is 12.5. The molecule has 2 N–H and O–H groups in total. The fourth-order valence-electron chi connectivity index (χ4n) is 3.02. The standard InChI is InChI=1S/C13H27N3O3S/c1-13(6-9-19-10-7-13)15-20(17,18)16-8-4-3-5-12(16)11-14-2/h12,14-15H,3-11H2,1-2H3. The molecule has 1 unspecified atom stereocenters. The summed E-state index contributed by atoms with van der Waals surface area (Å²) in [5, 5.41) is 3.10. The number of hydrogen-bond donors (Lipinski definition) is 2. The highest BCUT2D eigenvalue weighted by Crippen LogP contribution is 2.25. The number of likely N-dealkylation sites (N-methyl/N-ethyl adjacent to an activating group) is 1. The molecule has 2 aliphatic rings. The molecule has 0 bridgehead atoms. The lowest BCUT2D eigenvalue weighted by molar-refractivity contribution is 0.0527. The maximum atomic E-state index is 12.7. The summed E-state index contributed by atoms with van der Waals surface area (Å²) in [5.74, 6) is 0. The van der Waals surface area contributed by atoms with Crippen LogP contribution in [0.1, 0.15) is 39.0 Å². The third-order valence-corrected chi connectivity index (χ3v) is 6.14. The first-order valence-electron chi connectivity index (χ1n) is 7.50. The molecule has 0 aliphatic carbocycles. The van der Waals surface area contributed by atoms with Crippen LogP contribution in [-0.4, -0.2) is 57.7 Å². The van der Waals surface area contributed by atoms with Crippen LogP contribution in [0.5, 0.6) is 0 Å². The third kappa shape index (κ3) is 3.92. The van der Waals surface area contributed by atoms with Crippen LogP contribution in [-0.2, 0) is 14.9 Å². The molecule has 0 aromatic carbocycles. The van der Waals surface area contributed by atoms with E-state index in [1.54, 1.807) is 4.31 Å². The summed E-state index contributed by atoms with van der Waals surface area (Å²) in [7, 11) is -1.56. The van der Waals surface area contributed by atoms with Crippen LogP contribution in [0.4, 0.5) is 0 Å². The zero-order valence-corrected chi connectivity index (χ0v) is 13.3. The van der Waals surface area contributed by atoms with Gasteiger partial charge in [0.15, 0.2) is 0 Å². The van der Waals surface area contributed by atoms with Crippen molar-refractivity contribution in [1.82, 2.24) is 14.3 Å². The molecule has 2 heterocycles. The molecule has 2 saturated heterocycles. The van der Waals surface area contributed by atoms with E-state index in [-0.39, 0.29) is 11.6 Å². The Morgan fingerprint density at radius 3 is 2.65 bits per heavy atom. The Balaban J connectivity index is 2.07. The van der Waals surface area contributed by atoms with Gasteiger partial charge in [0, 0.05) is 37.9 Å². The highest BCUT2D eigenvalue weighted by atomic mass is 32.2. The molecule has 0 saturated carbocycles. The van der Waals surface area contributed by atoms with Crippen molar-refractivity contribution in [1.29, 1.82) is 0 Å². The van der Waals surface area contributed by atoms with Gasteiger partial charge in [-0.25, -0.2) is 0 Å². The molecule has 0 spiro atoms. The maximum Gasteiger partial charge on any atom is 0.280 e. The van der Waals surface area contributed by atoms with Gasteiger partial charge < -0.3 is 10.1 Å². The van der Waals surface area contributed by atoms with Crippen LogP contribution >= 0.6 is 0 Å². The molecule has 2 rings (SSSR count). The van der Waals surface area contributed by atoms with Crippen molar-refractivity contribution in [3.63, 3.8) is 0 Å². The van der Waals surface area contributed by atoms with Gasteiger partial charge in [0.2, 0.25) is 0 Å². The van der Waals surface area contributed by atoms with Crippen LogP contribution in [0.2, 0.25) is 0 Å². The highest BCUT2D eigenvalue weighted by molar-refractivity contribution is 7.87. The van der Waals surface area contributed by atoms with Crippen molar-refractivity contribution in [3.8, 4) is 0 Å². The molecule has 0 radical (unpaired) electrons. The predicted molar refractivity (Wildman–Crippen MR) is 78.8 cm³/mol. The van der Waals surface area contributed by atoms with Crippen molar-refractivity contribution in [3.05, 3.63) is 0 Å². The Bertz CT molecular complexity index is 405. The SMILES string of the molecule is CNCC1CCCCN1S(=O)(=O)NC1(C)CCOCC1. The molecule has 0 aromatic rings. The quantitative estimate of drug-likeness (QED) is 0.774. The minimum absolute atomic E-state index is 0.0645. The first kappa shape index (κ1) is 16.2. The van der Waals surface area contributed by atoms with E-state index in [1.165, 1.54) is 0 Å². The number of piperidine rings is 1. The lowest BCUT2D eigenvalue weighted by Crippen LogP contribution is -2.58. The third-order valence-electron chi connectivity index (χ3n) is 4.29. The summed E-state index contributed by atoms with van der Waals surface area (Å²) in [6, 6.07) is 0.0645. The zero-order chi connectivity index (χ0) is 14.6. The van der Waals surface area contributed by atoms with Crippen LogP contribution < -0.4 is 10.0 Å². The first-order valence-corrected chi connectivity index (χ1v) is 8.94. The Morgan fingerprint density at radius 2 is 2.00 bits per heavy atom. The van der Waals surface area contributed by atoms with Crippen molar-refractivity contribution >= 4 is 10.2 Å². The molecular weight excluding hydrogens is 278 g/mol. The van der Waals surface area contributed by atoms with E-state index >= 15 is 0 Å². The monoisotopic (exact) mass is 305 g/mol. The van der Waals surface area contributed by atoms with E-state index in [0.717, 1.165) is 32.1 Å². The van der Waals surface area contributed by atoms with Crippen LogP contribution in [0, 0.1) is 0 Å². The van der Waals surface area contributed by atoms with Gasteiger partial charge in [-0.15, -0.1) is 0 Å². The minimum Gasteiger partial charge on any atom is -0.381 e. The average molecular weight is 305 g/mol. The number of nitrogens with one attached hydrogen (secondary N) is 2. The van der Waals surface area contributed by atoms with E-state index in [2.05, 4.69) is 10.0 Å². The molecule has 118 valence electrons. The largest absolute Gasteiger partial charge is 0.381 e. The number of nitrogens with zero attached hydrogens (tertiary/aromatic N) is 1. The van der Waals surface area contributed by atoms with E-state index in [0.29, 0.717) is 26.3 Å². The van der Waals surface area contributed by atoms with Crippen molar-refractivity contribution in [2.75, 3.05) is 33.4 Å². The lowest BCUT2D eigenvalue weighted by atomic mass is 9.94. The second-order valence-electron chi connectivity index (χ2n) is 6.10. The Labute approximate surface area is 122 Å². The average Bonchev–Trinajstić information content (AvgIpc) is 2.39. The van der Waals surface area contributed by atoms with Gasteiger partial charge in [-0.2, -0.15) is 17.4 Å². The number of hydrogen-bond acceptors (Lipinski definition) is 4. The first-order chi connectivity index (χ1) is 9.47. The Kier molecular flexibility index (Phi) is 5.42. The Hall–Kier alpha value is -0.210. The molecule has 7 heteroatoms. The van der Waals surface area contributed by atoms with Gasteiger partial charge in [0.1, 0.15) is 0 Å². The summed E-state index contributed by atoms with van der Waals surface area (Å²) < 4.78 is 35.3. The number of rotatable bonds is 5. The van der Waals surface area contributed by atoms with Crippen LogP contribution in [0.15, 0.2) is 0 Å². The second-order valence-corrected chi connectivity index (χ2v) is 7.72. The van der Waals surface area contributed by atoms with E-state index < -0.39 is 10.2 Å². The van der Waals surface area contributed by atoms with E-state index in [9.17, 15) is 8.42 Å². The highest BCUT2D eigenvalue weighted by Gasteiger charge is 2.38. The molecule has 0 aromatic heterocycles. The van der Waals surface area contributed by atoms with E-state index in [1.807, 2.05) is 14.0 Å². The maximum absolute atomic E-state index is 12.7. The predicted octanol–water partition coefficient (Wildman–Crippen LogP) is 0.464. The summed E-state index contributed by atoms with van der Waals surface area (Å²) in [6.45, 7) is 4.55. The van der Waals surface area contributed by atoms with Gasteiger partial charge in [-0.3, -0.25) is 0 Å². The minimum atomic E-state index is -3.42. The van der Waals surface area contributed by atoms with Gasteiger partial charge in [0.25, 0.3) is 10.2 Å². The second kappa shape index (κ2) is 6.70. The molecular formula is C13H27N3O3S. The molecule has 20 heavy (non-hydrogen) atoms. The molecule has 2 fully saturated rings. The van der Waals surface area contributed by atoms with Gasteiger partial charge >= 0.3 is 0 Å². The molecule has 2 aliphatic heterocycles. The van der Waals surface area contributed by atoms with Crippen LogP contribution in [0.3, 0.4) is 0 Å². The number of ether oxygens (including phenoxy) is 1. The van der Waals surface area contributed by atoms with Crippen LogP contribution in [0.25, 0.3) is 0 Å². The normalized spacial score (nSPS) is 28.4. The van der Waals surface area contributed by atoms with Gasteiger partial charge in [-0.05, 0) is 39.7 Å². The van der Waals surface area contributed by atoms with Crippen molar-refractivity contribution < 1.29 is 13.2 Å². The van der Waals surface area contributed by atoms with Gasteiger partial charge in [-0.1, -0.05) is 6.42 Å². The van der Waals surface area contributed by atoms with E-state index in [4.69, 9.17) is 4.74 Å². The summed E-state index contributed by atoms with van der Waals surface area (Å²) in [4.78, 5) is 0. The topological polar surface area (TPSA) is 70.7 Å². The Morgan fingerprint density at radius 1 is 1.30 bits per heavy atom. The molecule has 0 amide bonds. The molecule has 1 atom stereocenters. The summed E-state index contributed by atoms with van der Waals surface area (Å²) >= 11 is 0. The van der Waals surface area contributed by atoms with Crippen molar-refractivity contribution in [2.24, 2.45) is 0 Å². The van der Waals surface area contributed by atoms with Gasteiger partial charge in [0.05, 0.1) is 0 Å². The fourth-order valence-corrected chi connectivity index (χ4v) is 4.91. The lowest BCUT2D eigenvalue weighted by Gasteiger charge is -2.39. The smallest absolute Gasteiger partial charge is 0.280 e. The fraction of sp³-hybridized carbons (Fsp3) is 1.00. The summed E-state index contributed by atoms with van der Waals surface area (Å²) in [5.41, 5.74) is -0.376. The molecule has 6 nitrogen and oxygen atoms in total. The van der Waals surface area contributed by atoms with Crippen molar-refractivity contribution in [2.45, 2.75) is 50.6 Å². The summed E-state index contributed by atoms with van der Waals surface area (Å²) in [6.07, 6.45) is 4.44.